The number of carbonyl (C=O) groups is 2. The molecule has 2 fully saturated rings. The van der Waals surface area contributed by atoms with Crippen LogP contribution in [-0.2, 0) is 9.59 Å². The third kappa shape index (κ3) is 3.63. The van der Waals surface area contributed by atoms with Gasteiger partial charge >= 0.3 is 0 Å². The number of likely N-dealkylation sites (tertiary alicyclic amines) is 1. The predicted molar refractivity (Wildman–Crippen MR) is 96.6 cm³/mol. The van der Waals surface area contributed by atoms with E-state index in [1.807, 2.05) is 25.1 Å². The Kier molecular flexibility index (Phi) is 5.58. The van der Waals surface area contributed by atoms with E-state index in [0.29, 0.717) is 19.3 Å². The number of piperidine rings is 1. The molecule has 1 atom stereocenters. The van der Waals surface area contributed by atoms with Gasteiger partial charge in [0.25, 0.3) is 0 Å². The molecule has 1 unspecified atom stereocenters. The molecule has 0 aromatic heterocycles. The molecule has 0 bridgehead atoms. The molecule has 0 aliphatic carbocycles. The number of piperazine rings is 1. The molecule has 136 valence electrons. The monoisotopic (exact) mass is 345 g/mol. The molecular formula is C19H27N3O3. The number of rotatable bonds is 5. The molecule has 6 heteroatoms. The first-order chi connectivity index (χ1) is 12.2. The van der Waals surface area contributed by atoms with Crippen LogP contribution in [0.15, 0.2) is 24.3 Å². The van der Waals surface area contributed by atoms with Gasteiger partial charge in [0.15, 0.2) is 0 Å². The first-order valence-corrected chi connectivity index (χ1v) is 9.12. The minimum absolute atomic E-state index is 0.0183. The number of hydrogen-bond acceptors (Lipinski definition) is 5. The lowest BCUT2D eigenvalue weighted by atomic mass is 10.1. The molecule has 2 amide bonds. The number of anilines is 1. The van der Waals surface area contributed by atoms with Crippen LogP contribution in [0.3, 0.4) is 0 Å². The number of amides is 2. The van der Waals surface area contributed by atoms with Crippen LogP contribution in [0.1, 0.15) is 32.6 Å². The smallest absolute Gasteiger partial charge is 0.230 e. The van der Waals surface area contributed by atoms with Gasteiger partial charge in [-0.3, -0.25) is 19.4 Å². The van der Waals surface area contributed by atoms with Gasteiger partial charge in [-0.25, -0.2) is 0 Å². The second-order valence-electron chi connectivity index (χ2n) is 6.59. The van der Waals surface area contributed by atoms with E-state index in [0.717, 1.165) is 44.0 Å². The fourth-order valence-corrected chi connectivity index (χ4v) is 3.86. The summed E-state index contributed by atoms with van der Waals surface area (Å²) in [6, 6.07) is 8.04. The molecule has 2 aliphatic rings. The number of imide groups is 1. The Bertz CT molecular complexity index is 610. The highest BCUT2D eigenvalue weighted by Crippen LogP contribution is 2.29. The van der Waals surface area contributed by atoms with Crippen LogP contribution < -0.4 is 9.64 Å². The zero-order valence-electron chi connectivity index (χ0n) is 15.1. The Labute approximate surface area is 149 Å². The molecule has 0 N–H and O–H groups in total. The third-order valence-corrected chi connectivity index (χ3v) is 5.14. The minimum atomic E-state index is -0.111. The van der Waals surface area contributed by atoms with E-state index in [2.05, 4.69) is 15.9 Å². The molecule has 1 aromatic carbocycles. The molecule has 0 spiro atoms. The van der Waals surface area contributed by atoms with E-state index >= 15 is 0 Å². The Morgan fingerprint density at radius 2 is 1.68 bits per heavy atom. The minimum Gasteiger partial charge on any atom is -0.495 e. The average Bonchev–Trinajstić information content (AvgIpc) is 2.65. The first kappa shape index (κ1) is 17.7. The maximum absolute atomic E-state index is 12.3. The molecule has 0 saturated carbocycles. The van der Waals surface area contributed by atoms with Crippen molar-refractivity contribution in [1.82, 2.24) is 9.80 Å². The molecule has 0 radical (unpaired) electrons. The quantitative estimate of drug-likeness (QED) is 0.765. The van der Waals surface area contributed by atoms with E-state index in [4.69, 9.17) is 4.74 Å². The number of methoxy groups -OCH3 is 1. The zero-order chi connectivity index (χ0) is 17.8. The molecule has 2 aliphatic heterocycles. The largest absolute Gasteiger partial charge is 0.495 e. The maximum Gasteiger partial charge on any atom is 0.230 e. The fraction of sp³-hybridized carbons (Fsp3) is 0.579. The molecule has 25 heavy (non-hydrogen) atoms. The van der Waals surface area contributed by atoms with Gasteiger partial charge in [0.2, 0.25) is 11.8 Å². The second kappa shape index (κ2) is 7.87. The van der Waals surface area contributed by atoms with Crippen molar-refractivity contribution < 1.29 is 14.3 Å². The van der Waals surface area contributed by atoms with Crippen LogP contribution in [0.2, 0.25) is 0 Å². The highest BCUT2D eigenvalue weighted by molar-refractivity contribution is 5.97. The van der Waals surface area contributed by atoms with Crippen LogP contribution in [0.4, 0.5) is 5.69 Å². The Balaban J connectivity index is 1.68. The number of para-hydroxylation sites is 2. The van der Waals surface area contributed by atoms with Gasteiger partial charge in [0, 0.05) is 39.0 Å². The van der Waals surface area contributed by atoms with Crippen molar-refractivity contribution in [3.05, 3.63) is 24.3 Å². The van der Waals surface area contributed by atoms with E-state index in [-0.39, 0.29) is 18.0 Å². The average molecular weight is 345 g/mol. The summed E-state index contributed by atoms with van der Waals surface area (Å²) >= 11 is 0. The van der Waals surface area contributed by atoms with Gasteiger partial charge in [-0.05, 0) is 25.0 Å². The molecule has 3 rings (SSSR count). The summed E-state index contributed by atoms with van der Waals surface area (Å²) in [6.07, 6.45) is 2.32. The Morgan fingerprint density at radius 1 is 1.04 bits per heavy atom. The zero-order valence-corrected chi connectivity index (χ0v) is 15.1. The van der Waals surface area contributed by atoms with Gasteiger partial charge in [0.1, 0.15) is 5.75 Å². The summed E-state index contributed by atoms with van der Waals surface area (Å²) in [6.45, 7) is 5.41. The van der Waals surface area contributed by atoms with Crippen molar-refractivity contribution in [2.24, 2.45) is 0 Å². The lowest BCUT2D eigenvalue weighted by Gasteiger charge is -2.44. The standard InChI is InChI=1S/C19H27N3O3/c1-3-17(22-18(23)9-6-10-19(22)24)21-13-11-20(12-14-21)15-7-4-5-8-16(15)25-2/h4-5,7-8,17H,3,6,9-14H2,1-2H3. The Morgan fingerprint density at radius 3 is 2.28 bits per heavy atom. The Hall–Kier alpha value is -2.08. The lowest BCUT2D eigenvalue weighted by molar-refractivity contribution is -0.156. The number of carbonyl (C=O) groups excluding carboxylic acids is 2. The SMILES string of the molecule is CCC(N1CCN(c2ccccc2OC)CC1)N1C(=O)CCCC1=O. The number of nitrogens with zero attached hydrogens (tertiary/aromatic N) is 3. The molecule has 2 saturated heterocycles. The van der Waals surface area contributed by atoms with Crippen molar-refractivity contribution in [1.29, 1.82) is 0 Å². The van der Waals surface area contributed by atoms with Crippen LogP contribution >= 0.6 is 0 Å². The van der Waals surface area contributed by atoms with Gasteiger partial charge in [-0.1, -0.05) is 19.1 Å². The van der Waals surface area contributed by atoms with E-state index in [1.54, 1.807) is 7.11 Å². The molecule has 1 aromatic rings. The second-order valence-corrected chi connectivity index (χ2v) is 6.59. The summed E-state index contributed by atoms with van der Waals surface area (Å²) in [7, 11) is 1.69. The van der Waals surface area contributed by atoms with Gasteiger partial charge in [0.05, 0.1) is 19.0 Å². The van der Waals surface area contributed by atoms with Gasteiger partial charge in [-0.15, -0.1) is 0 Å². The topological polar surface area (TPSA) is 53.1 Å². The van der Waals surface area contributed by atoms with E-state index in [1.165, 1.54) is 4.90 Å². The maximum atomic E-state index is 12.3. The normalized spacial score (nSPS) is 20.7. The van der Waals surface area contributed by atoms with Crippen LogP contribution in [0.5, 0.6) is 5.75 Å². The number of benzene rings is 1. The molecular weight excluding hydrogens is 318 g/mol. The lowest BCUT2D eigenvalue weighted by Crippen LogP contribution is -2.59. The number of ether oxygens (including phenoxy) is 1. The summed E-state index contributed by atoms with van der Waals surface area (Å²) < 4.78 is 5.46. The summed E-state index contributed by atoms with van der Waals surface area (Å²) in [5, 5.41) is 0. The summed E-state index contributed by atoms with van der Waals surface area (Å²) in [4.78, 5) is 30.6. The molecule has 2 heterocycles. The predicted octanol–water partition coefficient (Wildman–Crippen LogP) is 2.09. The van der Waals surface area contributed by atoms with Crippen molar-refractivity contribution in [3.63, 3.8) is 0 Å². The summed E-state index contributed by atoms with van der Waals surface area (Å²) in [5.74, 6) is 0.842. The van der Waals surface area contributed by atoms with Crippen LogP contribution in [0.25, 0.3) is 0 Å². The van der Waals surface area contributed by atoms with E-state index in [9.17, 15) is 9.59 Å². The van der Waals surface area contributed by atoms with Crippen molar-refractivity contribution in [3.8, 4) is 5.75 Å². The van der Waals surface area contributed by atoms with Crippen molar-refractivity contribution in [2.45, 2.75) is 38.8 Å². The number of hydrogen-bond donors (Lipinski definition) is 0. The van der Waals surface area contributed by atoms with Gasteiger partial charge < -0.3 is 9.64 Å². The molecule has 6 nitrogen and oxygen atoms in total. The highest BCUT2D eigenvalue weighted by atomic mass is 16.5. The third-order valence-electron chi connectivity index (χ3n) is 5.14. The first-order valence-electron chi connectivity index (χ1n) is 9.12. The van der Waals surface area contributed by atoms with Crippen molar-refractivity contribution >= 4 is 17.5 Å². The summed E-state index contributed by atoms with van der Waals surface area (Å²) in [5.41, 5.74) is 1.10. The van der Waals surface area contributed by atoms with Gasteiger partial charge in [-0.2, -0.15) is 0 Å². The van der Waals surface area contributed by atoms with Crippen molar-refractivity contribution in [2.75, 3.05) is 38.2 Å². The fourth-order valence-electron chi connectivity index (χ4n) is 3.86. The van der Waals surface area contributed by atoms with Crippen LogP contribution in [-0.4, -0.2) is 61.1 Å². The van der Waals surface area contributed by atoms with Crippen LogP contribution in [0, 0.1) is 0 Å². The highest BCUT2D eigenvalue weighted by Gasteiger charge is 2.36. The van der Waals surface area contributed by atoms with E-state index < -0.39 is 0 Å².